The molecule has 1 aromatic heterocycles. The van der Waals surface area contributed by atoms with E-state index in [2.05, 4.69) is 30.2 Å². The van der Waals surface area contributed by atoms with Gasteiger partial charge in [-0.2, -0.15) is 0 Å². The standard InChI is InChI=1S/C14H17ClN2S/c1-10(12-5-3-4-6-13(12)15)16-8-7-14-11(2)17-9-18-14/h3-6,9-10,16H,7-8H2,1-2H3/t10-/m1/s1. The molecule has 1 atom stereocenters. The summed E-state index contributed by atoms with van der Waals surface area (Å²) in [6.45, 7) is 5.14. The largest absolute Gasteiger partial charge is 0.310 e. The van der Waals surface area contributed by atoms with Gasteiger partial charge in [-0.25, -0.2) is 4.98 Å². The summed E-state index contributed by atoms with van der Waals surface area (Å²) >= 11 is 7.90. The third kappa shape index (κ3) is 3.31. The summed E-state index contributed by atoms with van der Waals surface area (Å²) in [5.41, 5.74) is 4.20. The van der Waals surface area contributed by atoms with Crippen molar-refractivity contribution in [3.05, 3.63) is 50.9 Å². The second-order valence-corrected chi connectivity index (χ2v) is 5.65. The second-order valence-electron chi connectivity index (χ2n) is 4.31. The van der Waals surface area contributed by atoms with Crippen molar-refractivity contribution in [2.24, 2.45) is 0 Å². The molecule has 1 aromatic carbocycles. The van der Waals surface area contributed by atoms with Gasteiger partial charge in [0.25, 0.3) is 0 Å². The molecule has 0 bridgehead atoms. The topological polar surface area (TPSA) is 24.9 Å². The van der Waals surface area contributed by atoms with Crippen LogP contribution in [-0.4, -0.2) is 11.5 Å². The minimum absolute atomic E-state index is 0.270. The maximum atomic E-state index is 6.17. The SMILES string of the molecule is Cc1ncsc1CCN[C@H](C)c1ccccc1Cl. The first kappa shape index (κ1) is 13.5. The Balaban J connectivity index is 1.87. The van der Waals surface area contributed by atoms with Gasteiger partial charge < -0.3 is 5.32 Å². The normalized spacial score (nSPS) is 12.6. The zero-order valence-electron chi connectivity index (χ0n) is 10.6. The zero-order chi connectivity index (χ0) is 13.0. The highest BCUT2D eigenvalue weighted by Gasteiger charge is 2.08. The maximum Gasteiger partial charge on any atom is 0.0797 e. The maximum absolute atomic E-state index is 6.17. The lowest BCUT2D eigenvalue weighted by Crippen LogP contribution is -2.21. The lowest BCUT2D eigenvalue weighted by atomic mass is 10.1. The number of thiazole rings is 1. The van der Waals surface area contributed by atoms with E-state index in [9.17, 15) is 0 Å². The van der Waals surface area contributed by atoms with E-state index in [1.54, 1.807) is 11.3 Å². The van der Waals surface area contributed by atoms with Gasteiger partial charge in [0.15, 0.2) is 0 Å². The van der Waals surface area contributed by atoms with Crippen LogP contribution in [0, 0.1) is 6.92 Å². The fraction of sp³-hybridized carbons (Fsp3) is 0.357. The van der Waals surface area contributed by atoms with Crippen LogP contribution in [0.15, 0.2) is 29.8 Å². The van der Waals surface area contributed by atoms with Crippen molar-refractivity contribution in [3.63, 3.8) is 0 Å². The van der Waals surface area contributed by atoms with Crippen molar-refractivity contribution in [3.8, 4) is 0 Å². The Morgan fingerprint density at radius 2 is 2.17 bits per heavy atom. The van der Waals surface area contributed by atoms with E-state index in [0.717, 1.165) is 29.2 Å². The van der Waals surface area contributed by atoms with Gasteiger partial charge in [-0.1, -0.05) is 29.8 Å². The molecule has 0 amide bonds. The quantitative estimate of drug-likeness (QED) is 0.895. The minimum Gasteiger partial charge on any atom is -0.310 e. The third-order valence-electron chi connectivity index (χ3n) is 3.02. The highest BCUT2D eigenvalue weighted by Crippen LogP contribution is 2.22. The average molecular weight is 281 g/mol. The lowest BCUT2D eigenvalue weighted by Gasteiger charge is -2.15. The number of nitrogens with one attached hydrogen (secondary N) is 1. The third-order valence-corrected chi connectivity index (χ3v) is 4.36. The van der Waals surface area contributed by atoms with Crippen molar-refractivity contribution in [1.82, 2.24) is 10.3 Å². The van der Waals surface area contributed by atoms with Gasteiger partial charge >= 0.3 is 0 Å². The van der Waals surface area contributed by atoms with Crippen LogP contribution in [0.25, 0.3) is 0 Å². The summed E-state index contributed by atoms with van der Waals surface area (Å²) in [6, 6.07) is 8.25. The van der Waals surface area contributed by atoms with Crippen LogP contribution in [0.5, 0.6) is 0 Å². The van der Waals surface area contributed by atoms with Crippen LogP contribution in [0.1, 0.15) is 29.1 Å². The van der Waals surface area contributed by atoms with Crippen molar-refractivity contribution >= 4 is 22.9 Å². The number of aromatic nitrogens is 1. The van der Waals surface area contributed by atoms with Crippen LogP contribution >= 0.6 is 22.9 Å². The molecule has 0 saturated carbocycles. The molecule has 0 unspecified atom stereocenters. The number of nitrogens with zero attached hydrogens (tertiary/aromatic N) is 1. The van der Waals surface area contributed by atoms with Gasteiger partial charge in [-0.15, -0.1) is 11.3 Å². The minimum atomic E-state index is 0.270. The first-order chi connectivity index (χ1) is 8.68. The molecule has 0 fully saturated rings. The number of benzene rings is 1. The monoisotopic (exact) mass is 280 g/mol. The van der Waals surface area contributed by atoms with Gasteiger partial charge in [0.2, 0.25) is 0 Å². The van der Waals surface area contributed by atoms with E-state index < -0.39 is 0 Å². The van der Waals surface area contributed by atoms with Crippen LogP contribution in [0.4, 0.5) is 0 Å². The van der Waals surface area contributed by atoms with E-state index in [1.165, 1.54) is 4.88 Å². The molecule has 1 N–H and O–H groups in total. The fourth-order valence-electron chi connectivity index (χ4n) is 1.90. The van der Waals surface area contributed by atoms with E-state index in [1.807, 2.05) is 23.7 Å². The molecule has 0 aliphatic heterocycles. The molecular weight excluding hydrogens is 264 g/mol. The van der Waals surface area contributed by atoms with E-state index in [4.69, 9.17) is 11.6 Å². The molecule has 2 rings (SSSR count). The molecule has 18 heavy (non-hydrogen) atoms. The summed E-state index contributed by atoms with van der Waals surface area (Å²) < 4.78 is 0. The predicted octanol–water partition coefficient (Wildman–Crippen LogP) is 4.00. The summed E-state index contributed by atoms with van der Waals surface area (Å²) in [5, 5.41) is 4.33. The smallest absolute Gasteiger partial charge is 0.0797 e. The molecule has 0 spiro atoms. The fourth-order valence-corrected chi connectivity index (χ4v) is 2.99. The van der Waals surface area contributed by atoms with Crippen molar-refractivity contribution < 1.29 is 0 Å². The Kier molecular flexibility index (Phi) is 4.75. The number of hydrogen-bond donors (Lipinski definition) is 1. The number of halogens is 1. The summed E-state index contributed by atoms with van der Waals surface area (Å²) in [4.78, 5) is 5.61. The summed E-state index contributed by atoms with van der Waals surface area (Å²) in [7, 11) is 0. The van der Waals surface area contributed by atoms with Crippen LogP contribution in [0.2, 0.25) is 5.02 Å². The molecule has 0 saturated heterocycles. The summed E-state index contributed by atoms with van der Waals surface area (Å²) in [5.74, 6) is 0. The highest BCUT2D eigenvalue weighted by atomic mass is 35.5. The number of rotatable bonds is 5. The van der Waals surface area contributed by atoms with Gasteiger partial charge in [-0.3, -0.25) is 0 Å². The molecule has 0 radical (unpaired) electrons. The highest BCUT2D eigenvalue weighted by molar-refractivity contribution is 7.09. The Morgan fingerprint density at radius 3 is 2.83 bits per heavy atom. The van der Waals surface area contributed by atoms with Crippen molar-refractivity contribution in [1.29, 1.82) is 0 Å². The first-order valence-electron chi connectivity index (χ1n) is 6.05. The number of aryl methyl sites for hydroxylation is 1. The molecule has 96 valence electrons. The molecule has 4 heteroatoms. The van der Waals surface area contributed by atoms with Crippen LogP contribution in [0.3, 0.4) is 0 Å². The molecular formula is C14H17ClN2S. The van der Waals surface area contributed by atoms with Crippen molar-refractivity contribution in [2.45, 2.75) is 26.3 Å². The van der Waals surface area contributed by atoms with Gasteiger partial charge in [-0.05, 0) is 31.9 Å². The Labute approximate surface area is 117 Å². The molecule has 2 aromatic rings. The Bertz CT molecular complexity index is 510. The first-order valence-corrected chi connectivity index (χ1v) is 7.31. The van der Waals surface area contributed by atoms with Crippen molar-refractivity contribution in [2.75, 3.05) is 6.54 Å². The van der Waals surface area contributed by atoms with E-state index in [0.29, 0.717) is 0 Å². The average Bonchev–Trinajstić information content (AvgIpc) is 2.75. The number of hydrogen-bond acceptors (Lipinski definition) is 3. The summed E-state index contributed by atoms with van der Waals surface area (Å²) in [6.07, 6.45) is 1.02. The molecule has 0 aliphatic rings. The van der Waals surface area contributed by atoms with Gasteiger partial charge in [0.05, 0.1) is 11.2 Å². The second kappa shape index (κ2) is 6.32. The lowest BCUT2D eigenvalue weighted by molar-refractivity contribution is 0.578. The molecule has 1 heterocycles. The van der Waals surface area contributed by atoms with Gasteiger partial charge in [0.1, 0.15) is 0 Å². The Hall–Kier alpha value is -0.900. The van der Waals surface area contributed by atoms with E-state index >= 15 is 0 Å². The zero-order valence-corrected chi connectivity index (χ0v) is 12.2. The molecule has 0 aliphatic carbocycles. The molecule has 2 nitrogen and oxygen atoms in total. The predicted molar refractivity (Wildman–Crippen MR) is 78.4 cm³/mol. The van der Waals surface area contributed by atoms with E-state index in [-0.39, 0.29) is 6.04 Å². The Morgan fingerprint density at radius 1 is 1.39 bits per heavy atom. The van der Waals surface area contributed by atoms with Gasteiger partial charge in [0, 0.05) is 22.5 Å². The van der Waals surface area contributed by atoms with Crippen LogP contribution in [-0.2, 0) is 6.42 Å². The van der Waals surface area contributed by atoms with Crippen LogP contribution < -0.4 is 5.32 Å².